The molecule has 0 bridgehead atoms. The molecule has 3 aromatic rings. The largest absolute Gasteiger partial charge is 0.451 e. The lowest BCUT2D eigenvalue weighted by molar-refractivity contribution is -0.137. The molecular weight excluding hydrogens is 408 g/mol. The Morgan fingerprint density at radius 1 is 1.00 bits per heavy atom. The Morgan fingerprint density at radius 2 is 1.68 bits per heavy atom. The molecule has 0 radical (unpaired) electrons. The number of nitrogens with one attached hydrogen (secondary N) is 1. The van der Waals surface area contributed by atoms with Crippen molar-refractivity contribution in [2.24, 2.45) is 0 Å². The number of hydrogen-bond donors (Lipinski definition) is 1. The van der Waals surface area contributed by atoms with Crippen LogP contribution in [0.25, 0.3) is 11.4 Å². The second-order valence-corrected chi connectivity index (χ2v) is 6.39. The molecule has 28 heavy (non-hydrogen) atoms. The van der Waals surface area contributed by atoms with E-state index in [1.807, 2.05) is 0 Å². The maximum absolute atomic E-state index is 12.7. The molecule has 0 unspecified atom stereocenters. The van der Waals surface area contributed by atoms with Crippen molar-refractivity contribution in [1.29, 1.82) is 0 Å². The van der Waals surface area contributed by atoms with Crippen molar-refractivity contribution in [3.8, 4) is 22.9 Å². The highest BCUT2D eigenvalue weighted by atomic mass is 32.1. The van der Waals surface area contributed by atoms with Gasteiger partial charge in [-0.2, -0.15) is 26.3 Å². The topological polar surface area (TPSA) is 47.0 Å². The smallest absolute Gasteiger partial charge is 0.425 e. The molecule has 1 N–H and O–H groups in total. The van der Waals surface area contributed by atoms with Crippen molar-refractivity contribution >= 4 is 17.2 Å². The molecule has 11 heteroatoms. The highest BCUT2D eigenvalue weighted by Crippen LogP contribution is 2.39. The monoisotopic (exact) mass is 419 g/mol. The Hall–Kier alpha value is -2.82. The summed E-state index contributed by atoms with van der Waals surface area (Å²) in [7, 11) is 1.51. The Balaban J connectivity index is 1.85. The summed E-state index contributed by atoms with van der Waals surface area (Å²) in [4.78, 5) is 7.37. The minimum absolute atomic E-state index is 0.0281. The molecule has 0 aliphatic heterocycles. The molecule has 0 fully saturated rings. The van der Waals surface area contributed by atoms with E-state index in [-0.39, 0.29) is 23.1 Å². The number of halogens is 6. The molecule has 2 aromatic heterocycles. The van der Waals surface area contributed by atoms with E-state index in [1.54, 1.807) is 0 Å². The molecule has 0 aliphatic rings. The number of nitrogens with zero attached hydrogens (tertiary/aromatic N) is 2. The zero-order chi connectivity index (χ0) is 20.5. The number of rotatable bonds is 4. The number of ether oxygens (including phenoxy) is 1. The summed E-state index contributed by atoms with van der Waals surface area (Å²) in [5.74, 6) is 0.348. The minimum Gasteiger partial charge on any atom is -0.451 e. The standard InChI is InChI=1S/C17H11F6N3OS/c1-24-15-12(27-11-6-13(28-8-11)17(21,22)23)7-25-14(26-15)9-2-4-10(5-3-9)16(18,19)20/h2-8H,1H3,(H,24,25,26). The van der Waals surface area contributed by atoms with E-state index in [0.29, 0.717) is 16.9 Å². The Bertz CT molecular complexity index is 966. The van der Waals surface area contributed by atoms with Gasteiger partial charge in [-0.25, -0.2) is 9.97 Å². The molecule has 2 heterocycles. The van der Waals surface area contributed by atoms with Gasteiger partial charge in [0.05, 0.1) is 11.8 Å². The zero-order valence-electron chi connectivity index (χ0n) is 14.0. The fourth-order valence-corrected chi connectivity index (χ4v) is 2.90. The minimum atomic E-state index is -4.47. The van der Waals surface area contributed by atoms with Gasteiger partial charge in [-0.15, -0.1) is 11.3 Å². The number of benzene rings is 1. The first-order chi connectivity index (χ1) is 13.1. The summed E-state index contributed by atoms with van der Waals surface area (Å²) in [6.07, 6.45) is -7.69. The Labute approximate surface area is 158 Å². The maximum atomic E-state index is 12.7. The van der Waals surface area contributed by atoms with Gasteiger partial charge in [0, 0.05) is 24.1 Å². The van der Waals surface area contributed by atoms with E-state index in [0.717, 1.165) is 18.2 Å². The fraction of sp³-hybridized carbons (Fsp3) is 0.176. The number of anilines is 1. The lowest BCUT2D eigenvalue weighted by Gasteiger charge is -2.11. The second-order valence-electron chi connectivity index (χ2n) is 5.48. The van der Waals surface area contributed by atoms with Crippen LogP contribution in [0.3, 0.4) is 0 Å². The summed E-state index contributed by atoms with van der Waals surface area (Å²) in [6.45, 7) is 0. The summed E-state index contributed by atoms with van der Waals surface area (Å²) in [5, 5.41) is 3.92. The van der Waals surface area contributed by atoms with E-state index < -0.39 is 22.8 Å². The molecule has 0 aliphatic carbocycles. The summed E-state index contributed by atoms with van der Waals surface area (Å²) in [6, 6.07) is 5.13. The zero-order valence-corrected chi connectivity index (χ0v) is 14.8. The van der Waals surface area contributed by atoms with Gasteiger partial charge in [-0.05, 0) is 12.1 Å². The van der Waals surface area contributed by atoms with Gasteiger partial charge >= 0.3 is 12.4 Å². The van der Waals surface area contributed by atoms with Crippen LogP contribution in [0, 0.1) is 0 Å². The highest BCUT2D eigenvalue weighted by molar-refractivity contribution is 7.10. The van der Waals surface area contributed by atoms with Crippen LogP contribution in [-0.2, 0) is 12.4 Å². The van der Waals surface area contributed by atoms with Gasteiger partial charge in [0.1, 0.15) is 10.6 Å². The molecule has 4 nitrogen and oxygen atoms in total. The van der Waals surface area contributed by atoms with Crippen LogP contribution in [0.15, 0.2) is 41.9 Å². The van der Waals surface area contributed by atoms with Gasteiger partial charge in [-0.3, -0.25) is 0 Å². The van der Waals surface area contributed by atoms with Gasteiger partial charge in [0.15, 0.2) is 17.4 Å². The third-order valence-corrected chi connectivity index (χ3v) is 4.50. The van der Waals surface area contributed by atoms with Crippen LogP contribution in [0.2, 0.25) is 0 Å². The lowest BCUT2D eigenvalue weighted by atomic mass is 10.1. The summed E-state index contributed by atoms with van der Waals surface area (Å²) in [5.41, 5.74) is -0.464. The number of aromatic nitrogens is 2. The van der Waals surface area contributed by atoms with Gasteiger partial charge in [0.25, 0.3) is 0 Å². The third kappa shape index (κ3) is 4.35. The van der Waals surface area contributed by atoms with Crippen LogP contribution in [-0.4, -0.2) is 17.0 Å². The van der Waals surface area contributed by atoms with Crippen molar-refractivity contribution in [3.05, 3.63) is 52.3 Å². The van der Waals surface area contributed by atoms with Crippen LogP contribution in [0.4, 0.5) is 32.2 Å². The van der Waals surface area contributed by atoms with Gasteiger partial charge < -0.3 is 10.1 Å². The first-order valence-corrected chi connectivity index (χ1v) is 8.52. The molecule has 0 saturated carbocycles. The SMILES string of the molecule is CNc1nc(-c2ccc(C(F)(F)F)cc2)ncc1Oc1csc(C(F)(F)F)c1. The van der Waals surface area contributed by atoms with E-state index in [1.165, 1.54) is 30.8 Å². The fourth-order valence-electron chi connectivity index (χ4n) is 2.22. The van der Waals surface area contributed by atoms with E-state index in [9.17, 15) is 26.3 Å². The van der Waals surface area contributed by atoms with Crippen molar-refractivity contribution in [1.82, 2.24) is 9.97 Å². The normalized spacial score (nSPS) is 12.1. The average Bonchev–Trinajstić information content (AvgIpc) is 3.10. The number of thiophene rings is 1. The highest BCUT2D eigenvalue weighted by Gasteiger charge is 2.33. The van der Waals surface area contributed by atoms with Crippen LogP contribution in [0.1, 0.15) is 10.4 Å². The van der Waals surface area contributed by atoms with Crippen LogP contribution >= 0.6 is 11.3 Å². The maximum Gasteiger partial charge on any atom is 0.425 e. The number of alkyl halides is 6. The lowest BCUT2D eigenvalue weighted by Crippen LogP contribution is -2.04. The molecule has 148 valence electrons. The third-order valence-electron chi connectivity index (χ3n) is 3.55. The van der Waals surface area contributed by atoms with Crippen molar-refractivity contribution in [2.45, 2.75) is 12.4 Å². The van der Waals surface area contributed by atoms with Crippen molar-refractivity contribution in [3.63, 3.8) is 0 Å². The first-order valence-electron chi connectivity index (χ1n) is 7.64. The van der Waals surface area contributed by atoms with Crippen molar-refractivity contribution < 1.29 is 31.1 Å². The predicted molar refractivity (Wildman–Crippen MR) is 91.4 cm³/mol. The van der Waals surface area contributed by atoms with Crippen molar-refractivity contribution in [2.75, 3.05) is 12.4 Å². The molecular formula is C17H11F6N3OS. The van der Waals surface area contributed by atoms with Crippen LogP contribution < -0.4 is 10.1 Å². The number of hydrogen-bond acceptors (Lipinski definition) is 5. The Kier molecular flexibility index (Phi) is 5.20. The van der Waals surface area contributed by atoms with Gasteiger partial charge in [0.2, 0.25) is 0 Å². The molecule has 0 atom stereocenters. The van der Waals surface area contributed by atoms with E-state index in [2.05, 4.69) is 15.3 Å². The quantitative estimate of drug-likeness (QED) is 0.521. The molecule has 3 rings (SSSR count). The molecule has 1 aromatic carbocycles. The molecule has 0 amide bonds. The second kappa shape index (κ2) is 7.30. The molecule has 0 saturated heterocycles. The van der Waals surface area contributed by atoms with Gasteiger partial charge in [-0.1, -0.05) is 12.1 Å². The summed E-state index contributed by atoms with van der Waals surface area (Å²) >= 11 is 0.489. The first kappa shape index (κ1) is 19.9. The van der Waals surface area contributed by atoms with E-state index >= 15 is 0 Å². The summed E-state index contributed by atoms with van der Waals surface area (Å²) < 4.78 is 81.4. The van der Waals surface area contributed by atoms with E-state index in [4.69, 9.17) is 4.74 Å². The van der Waals surface area contributed by atoms with Crippen LogP contribution in [0.5, 0.6) is 11.5 Å². The molecule has 0 spiro atoms. The predicted octanol–water partition coefficient (Wildman–Crippen LogP) is 6.08. The Morgan fingerprint density at radius 3 is 2.21 bits per heavy atom. The average molecular weight is 419 g/mol.